The van der Waals surface area contributed by atoms with E-state index in [1.165, 1.54) is 11.3 Å². The molecule has 0 saturated carbocycles. The minimum atomic E-state index is 0.0871. The molecular formula is C23H27N3O2. The number of carbonyl (C=O) groups is 1. The molecule has 5 heteroatoms. The Hall–Kier alpha value is -2.53. The summed E-state index contributed by atoms with van der Waals surface area (Å²) < 4.78 is 5.96. The van der Waals surface area contributed by atoms with Crippen LogP contribution >= 0.6 is 0 Å². The number of piperazine rings is 1. The molecule has 1 spiro atoms. The summed E-state index contributed by atoms with van der Waals surface area (Å²) in [5.74, 6) is 1.13. The number of fused-ring (bicyclic) bond motifs is 1. The van der Waals surface area contributed by atoms with E-state index in [2.05, 4.69) is 41.1 Å². The molecule has 3 aliphatic heterocycles. The van der Waals surface area contributed by atoms with Crippen molar-refractivity contribution in [3.8, 4) is 5.75 Å². The highest BCUT2D eigenvalue weighted by molar-refractivity contribution is 5.95. The molecule has 28 heavy (non-hydrogen) atoms. The molecule has 5 rings (SSSR count). The van der Waals surface area contributed by atoms with Crippen LogP contribution < -0.4 is 9.64 Å². The summed E-state index contributed by atoms with van der Waals surface area (Å²) in [6.45, 7) is 6.51. The fraction of sp³-hybridized carbons (Fsp3) is 0.435. The largest absolute Gasteiger partial charge is 0.493 e. The number of rotatable bonds is 2. The third-order valence-corrected chi connectivity index (χ3v) is 6.39. The van der Waals surface area contributed by atoms with E-state index in [4.69, 9.17) is 4.74 Å². The number of anilines is 1. The molecule has 0 bridgehead atoms. The summed E-state index contributed by atoms with van der Waals surface area (Å²) in [6, 6.07) is 16.4. The zero-order valence-electron chi connectivity index (χ0n) is 16.4. The molecule has 3 aliphatic rings. The highest BCUT2D eigenvalue weighted by atomic mass is 16.5. The van der Waals surface area contributed by atoms with E-state index < -0.39 is 0 Å². The van der Waals surface area contributed by atoms with Crippen molar-refractivity contribution in [2.75, 3.05) is 57.8 Å². The molecule has 2 fully saturated rings. The standard InChI is InChI=1S/C23H27N3O2/c1-24-10-12-25(13-11-24)20-8-6-18(7-9-20)22(27)26-15-23(16-26)14-19-4-2-3-5-21(19)28-17-23/h2-9H,10-17H2,1H3. The molecule has 146 valence electrons. The van der Waals surface area contributed by atoms with Crippen LogP contribution in [0.25, 0.3) is 0 Å². The number of hydrogen-bond acceptors (Lipinski definition) is 4. The van der Waals surface area contributed by atoms with E-state index >= 15 is 0 Å². The third kappa shape index (κ3) is 3.14. The second-order valence-corrected chi connectivity index (χ2v) is 8.57. The number of likely N-dealkylation sites (tertiary alicyclic amines) is 1. The summed E-state index contributed by atoms with van der Waals surface area (Å²) in [6.07, 6.45) is 0.995. The van der Waals surface area contributed by atoms with Crippen LogP contribution in [0.5, 0.6) is 5.75 Å². The molecule has 0 unspecified atom stereocenters. The number of likely N-dealkylation sites (N-methyl/N-ethyl adjacent to an activating group) is 1. The first kappa shape index (κ1) is 17.6. The van der Waals surface area contributed by atoms with Gasteiger partial charge >= 0.3 is 0 Å². The maximum atomic E-state index is 12.9. The van der Waals surface area contributed by atoms with E-state index in [9.17, 15) is 4.79 Å². The van der Waals surface area contributed by atoms with E-state index in [1.807, 2.05) is 29.2 Å². The second-order valence-electron chi connectivity index (χ2n) is 8.57. The lowest BCUT2D eigenvalue weighted by Gasteiger charge is -2.51. The van der Waals surface area contributed by atoms with Crippen molar-refractivity contribution in [2.45, 2.75) is 6.42 Å². The Balaban J connectivity index is 1.21. The molecular weight excluding hydrogens is 350 g/mol. The molecule has 1 amide bonds. The van der Waals surface area contributed by atoms with Crippen molar-refractivity contribution < 1.29 is 9.53 Å². The van der Waals surface area contributed by atoms with Crippen molar-refractivity contribution in [3.05, 3.63) is 59.7 Å². The van der Waals surface area contributed by atoms with Gasteiger partial charge in [0.25, 0.3) is 5.91 Å². The van der Waals surface area contributed by atoms with Crippen molar-refractivity contribution in [3.63, 3.8) is 0 Å². The number of ether oxygens (including phenoxy) is 1. The lowest BCUT2D eigenvalue weighted by atomic mass is 9.73. The van der Waals surface area contributed by atoms with Gasteiger partial charge in [0.1, 0.15) is 5.75 Å². The first-order valence-corrected chi connectivity index (χ1v) is 10.2. The predicted molar refractivity (Wildman–Crippen MR) is 110 cm³/mol. The highest BCUT2D eigenvalue weighted by Gasteiger charge is 2.48. The Morgan fingerprint density at radius 1 is 0.964 bits per heavy atom. The SMILES string of the molecule is CN1CCN(c2ccc(C(=O)N3CC4(COc5ccccc5C4)C3)cc2)CC1. The van der Waals surface area contributed by atoms with Gasteiger partial charge in [0, 0.05) is 55.9 Å². The molecule has 0 radical (unpaired) electrons. The summed E-state index contributed by atoms with van der Waals surface area (Å²) >= 11 is 0. The van der Waals surface area contributed by atoms with Crippen LogP contribution in [0.1, 0.15) is 15.9 Å². The molecule has 0 aromatic heterocycles. The predicted octanol–water partition coefficient (Wildman–Crippen LogP) is 2.52. The summed E-state index contributed by atoms with van der Waals surface area (Å²) in [5, 5.41) is 0. The van der Waals surface area contributed by atoms with Gasteiger partial charge in [-0.05, 0) is 49.4 Å². The van der Waals surface area contributed by atoms with Crippen molar-refractivity contribution in [1.29, 1.82) is 0 Å². The van der Waals surface area contributed by atoms with E-state index in [-0.39, 0.29) is 11.3 Å². The number of benzene rings is 2. The average Bonchev–Trinajstić information content (AvgIpc) is 2.72. The van der Waals surface area contributed by atoms with Gasteiger partial charge in [-0.1, -0.05) is 18.2 Å². The molecule has 0 atom stereocenters. The molecule has 0 aliphatic carbocycles. The molecule has 0 N–H and O–H groups in total. The number of nitrogens with zero attached hydrogens (tertiary/aromatic N) is 3. The fourth-order valence-corrected chi connectivity index (χ4v) is 4.65. The van der Waals surface area contributed by atoms with Gasteiger partial charge in [-0.15, -0.1) is 0 Å². The smallest absolute Gasteiger partial charge is 0.253 e. The van der Waals surface area contributed by atoms with Crippen LogP contribution in [0.3, 0.4) is 0 Å². The van der Waals surface area contributed by atoms with Gasteiger partial charge in [-0.25, -0.2) is 0 Å². The second kappa shape index (κ2) is 6.82. The van der Waals surface area contributed by atoms with Crippen LogP contribution in [-0.2, 0) is 6.42 Å². The summed E-state index contributed by atoms with van der Waals surface area (Å²) in [4.78, 5) is 19.6. The van der Waals surface area contributed by atoms with Crippen LogP contribution in [0, 0.1) is 5.41 Å². The summed E-state index contributed by atoms with van der Waals surface area (Å²) in [7, 11) is 2.16. The molecule has 2 aromatic carbocycles. The third-order valence-electron chi connectivity index (χ3n) is 6.39. The Morgan fingerprint density at radius 3 is 2.43 bits per heavy atom. The molecule has 5 nitrogen and oxygen atoms in total. The number of para-hydroxylation sites is 1. The lowest BCUT2D eigenvalue weighted by molar-refractivity contribution is -0.0290. The Kier molecular flexibility index (Phi) is 4.27. The lowest BCUT2D eigenvalue weighted by Crippen LogP contribution is -2.62. The normalized spacial score (nSPS) is 21.0. The summed E-state index contributed by atoms with van der Waals surface area (Å²) in [5.41, 5.74) is 3.34. The monoisotopic (exact) mass is 377 g/mol. The number of amides is 1. The van der Waals surface area contributed by atoms with Crippen LogP contribution in [0.2, 0.25) is 0 Å². The minimum Gasteiger partial charge on any atom is -0.493 e. The van der Waals surface area contributed by atoms with E-state index in [0.29, 0.717) is 6.61 Å². The van der Waals surface area contributed by atoms with Crippen molar-refractivity contribution in [1.82, 2.24) is 9.80 Å². The van der Waals surface area contributed by atoms with E-state index in [1.54, 1.807) is 0 Å². The van der Waals surface area contributed by atoms with Gasteiger partial charge in [-0.2, -0.15) is 0 Å². The van der Waals surface area contributed by atoms with Gasteiger partial charge in [0.2, 0.25) is 0 Å². The first-order valence-electron chi connectivity index (χ1n) is 10.2. The maximum absolute atomic E-state index is 12.9. The molecule has 2 aromatic rings. The van der Waals surface area contributed by atoms with Gasteiger partial charge < -0.3 is 19.4 Å². The zero-order valence-corrected chi connectivity index (χ0v) is 16.4. The van der Waals surface area contributed by atoms with Gasteiger partial charge in [0.15, 0.2) is 0 Å². The molecule has 2 saturated heterocycles. The van der Waals surface area contributed by atoms with Crippen LogP contribution in [0.15, 0.2) is 48.5 Å². The molecule has 3 heterocycles. The van der Waals surface area contributed by atoms with Gasteiger partial charge in [-0.3, -0.25) is 4.79 Å². The number of hydrogen-bond donors (Lipinski definition) is 0. The van der Waals surface area contributed by atoms with Crippen LogP contribution in [-0.4, -0.2) is 68.6 Å². The zero-order chi connectivity index (χ0) is 19.1. The maximum Gasteiger partial charge on any atom is 0.253 e. The Morgan fingerprint density at radius 2 is 1.68 bits per heavy atom. The quantitative estimate of drug-likeness (QED) is 0.806. The topological polar surface area (TPSA) is 36.0 Å². The first-order chi connectivity index (χ1) is 13.6. The Labute approximate surface area is 166 Å². The Bertz CT molecular complexity index is 866. The van der Waals surface area contributed by atoms with Gasteiger partial charge in [0.05, 0.1) is 6.61 Å². The average molecular weight is 377 g/mol. The highest BCUT2D eigenvalue weighted by Crippen LogP contribution is 2.41. The van der Waals surface area contributed by atoms with Crippen molar-refractivity contribution in [2.24, 2.45) is 5.41 Å². The van der Waals surface area contributed by atoms with Crippen molar-refractivity contribution >= 4 is 11.6 Å². The van der Waals surface area contributed by atoms with E-state index in [0.717, 1.165) is 57.0 Å². The number of carbonyl (C=O) groups excluding carboxylic acids is 1. The minimum absolute atomic E-state index is 0.0871. The fourth-order valence-electron chi connectivity index (χ4n) is 4.65. The van der Waals surface area contributed by atoms with Crippen LogP contribution in [0.4, 0.5) is 5.69 Å².